The maximum absolute atomic E-state index is 13.8. The number of halogens is 5. The van der Waals surface area contributed by atoms with Crippen molar-refractivity contribution < 1.29 is 50.2 Å². The molecule has 0 unspecified atom stereocenters. The maximum atomic E-state index is 13.8. The van der Waals surface area contributed by atoms with Gasteiger partial charge in [-0.1, -0.05) is 6.92 Å². The fourth-order valence-electron chi connectivity index (χ4n) is 3.19. The first-order valence-corrected chi connectivity index (χ1v) is 11.5. The average molecular weight is 524 g/mol. The van der Waals surface area contributed by atoms with Gasteiger partial charge in [-0.15, -0.1) is 0 Å². The second kappa shape index (κ2) is 10.9. The number of sulfonamides is 1. The third-order valence-corrected chi connectivity index (χ3v) is 6.43. The summed E-state index contributed by atoms with van der Waals surface area (Å²) in [6, 6.07) is 6.22. The van der Waals surface area contributed by atoms with E-state index < -0.39 is 44.7 Å². The van der Waals surface area contributed by atoms with Crippen molar-refractivity contribution in [3.63, 3.8) is 0 Å². The van der Waals surface area contributed by atoms with E-state index in [4.69, 9.17) is 9.90 Å². The largest absolute Gasteiger partial charge is 0.490 e. The molecular formula is C21H21F5N2O6S. The van der Waals surface area contributed by atoms with Gasteiger partial charge in [-0.25, -0.2) is 26.8 Å². The molecule has 1 aliphatic rings. The molecular weight excluding hydrogens is 503 g/mol. The molecule has 0 radical (unpaired) electrons. The number of alkyl halides is 3. The molecule has 192 valence electrons. The number of hydrogen-bond donors (Lipinski definition) is 3. The van der Waals surface area contributed by atoms with Crippen LogP contribution < -0.4 is 9.62 Å². The molecule has 0 spiro atoms. The highest BCUT2D eigenvalue weighted by molar-refractivity contribution is 7.92. The van der Waals surface area contributed by atoms with Gasteiger partial charge in [-0.2, -0.15) is 13.2 Å². The lowest BCUT2D eigenvalue weighted by molar-refractivity contribution is -0.192. The summed E-state index contributed by atoms with van der Waals surface area (Å²) < 4.78 is 85.8. The Bertz CT molecular complexity index is 1200. The Kier molecular flexibility index (Phi) is 8.65. The lowest BCUT2D eigenvalue weighted by Crippen LogP contribution is -2.33. The van der Waals surface area contributed by atoms with Gasteiger partial charge in [0.15, 0.2) is 0 Å². The fraction of sp³-hybridized carbons (Fsp3) is 0.333. The van der Waals surface area contributed by atoms with Crippen LogP contribution in [0.1, 0.15) is 30.1 Å². The predicted molar refractivity (Wildman–Crippen MR) is 115 cm³/mol. The summed E-state index contributed by atoms with van der Waals surface area (Å²) in [5, 5.41) is 16.7. The first kappa shape index (κ1) is 27.8. The summed E-state index contributed by atoms with van der Waals surface area (Å²) in [5.41, 5.74) is 0.393. The summed E-state index contributed by atoms with van der Waals surface area (Å²) in [4.78, 5) is 21.7. The van der Waals surface area contributed by atoms with Crippen molar-refractivity contribution in [2.24, 2.45) is 5.92 Å². The van der Waals surface area contributed by atoms with Gasteiger partial charge in [0.2, 0.25) is 0 Å². The van der Waals surface area contributed by atoms with Crippen molar-refractivity contribution in [1.29, 1.82) is 0 Å². The molecule has 0 saturated carbocycles. The highest BCUT2D eigenvalue weighted by atomic mass is 32.2. The Morgan fingerprint density at radius 3 is 2.11 bits per heavy atom. The number of carbonyl (C=O) groups is 2. The number of aliphatic carboxylic acids is 1. The molecule has 1 fully saturated rings. The summed E-state index contributed by atoms with van der Waals surface area (Å²) in [5.74, 6) is -5.40. The molecule has 3 rings (SSSR count). The van der Waals surface area contributed by atoms with Crippen LogP contribution in [0.4, 0.5) is 33.3 Å². The van der Waals surface area contributed by atoms with Gasteiger partial charge in [-0.05, 0) is 55.2 Å². The highest BCUT2D eigenvalue weighted by Gasteiger charge is 2.38. The summed E-state index contributed by atoms with van der Waals surface area (Å²) >= 11 is 0. The maximum Gasteiger partial charge on any atom is 0.490 e. The minimum absolute atomic E-state index is 0.0461. The molecule has 0 aromatic heterocycles. The zero-order chi connectivity index (χ0) is 26.6. The van der Waals surface area contributed by atoms with Crippen molar-refractivity contribution in [1.82, 2.24) is 0 Å². The first-order chi connectivity index (χ1) is 16.1. The van der Waals surface area contributed by atoms with Crippen LogP contribution in [0.25, 0.3) is 0 Å². The van der Waals surface area contributed by atoms with E-state index in [-0.39, 0.29) is 11.3 Å². The summed E-state index contributed by atoms with van der Waals surface area (Å²) in [6.07, 6.45) is -3.21. The number of nitrogens with zero attached hydrogens (tertiary/aromatic N) is 1. The van der Waals surface area contributed by atoms with Crippen LogP contribution in [0.15, 0.2) is 41.3 Å². The molecule has 0 aliphatic carbocycles. The van der Waals surface area contributed by atoms with E-state index in [0.29, 0.717) is 36.8 Å². The Morgan fingerprint density at radius 1 is 1.03 bits per heavy atom. The fourth-order valence-corrected chi connectivity index (χ4v) is 4.33. The number of piperidine rings is 1. The molecule has 2 aromatic carbocycles. The third-order valence-electron chi connectivity index (χ3n) is 5.03. The molecule has 0 bridgehead atoms. The normalized spacial score (nSPS) is 14.6. The van der Waals surface area contributed by atoms with Gasteiger partial charge < -0.3 is 15.1 Å². The van der Waals surface area contributed by atoms with Gasteiger partial charge in [0.1, 0.15) is 16.5 Å². The average Bonchev–Trinajstić information content (AvgIpc) is 2.75. The van der Waals surface area contributed by atoms with Crippen LogP contribution in [0.5, 0.6) is 0 Å². The number of nitrogens with one attached hydrogen (secondary N) is 1. The molecule has 2 aromatic rings. The summed E-state index contributed by atoms with van der Waals surface area (Å²) in [7, 11) is -4.43. The predicted octanol–water partition coefficient (Wildman–Crippen LogP) is 4.33. The molecule has 1 aliphatic heterocycles. The minimum atomic E-state index is -5.08. The van der Waals surface area contributed by atoms with Crippen LogP contribution in [0, 0.1) is 17.6 Å². The number of carboxylic acids is 2. The zero-order valence-electron chi connectivity index (χ0n) is 18.1. The van der Waals surface area contributed by atoms with E-state index in [0.717, 1.165) is 18.9 Å². The zero-order valence-corrected chi connectivity index (χ0v) is 19.0. The Morgan fingerprint density at radius 2 is 1.60 bits per heavy atom. The van der Waals surface area contributed by atoms with Gasteiger partial charge in [0, 0.05) is 18.8 Å². The number of carboxylic acid groups (broad SMARTS) is 2. The van der Waals surface area contributed by atoms with Crippen LogP contribution in [-0.4, -0.2) is 49.8 Å². The molecule has 35 heavy (non-hydrogen) atoms. The molecule has 1 heterocycles. The van der Waals surface area contributed by atoms with Crippen molar-refractivity contribution >= 4 is 33.3 Å². The minimum Gasteiger partial charge on any atom is -0.478 e. The number of aromatic carboxylic acids is 1. The highest BCUT2D eigenvalue weighted by Crippen LogP contribution is 2.30. The molecule has 0 amide bonds. The Balaban J connectivity index is 0.000000540. The Hall–Kier alpha value is -3.42. The van der Waals surface area contributed by atoms with E-state index in [1.807, 2.05) is 4.90 Å². The van der Waals surface area contributed by atoms with Crippen LogP contribution >= 0.6 is 0 Å². The van der Waals surface area contributed by atoms with E-state index in [1.54, 1.807) is 0 Å². The van der Waals surface area contributed by atoms with Crippen molar-refractivity contribution in [3.8, 4) is 0 Å². The number of benzene rings is 2. The molecule has 1 saturated heterocycles. The topological polar surface area (TPSA) is 124 Å². The van der Waals surface area contributed by atoms with Crippen molar-refractivity contribution in [3.05, 3.63) is 53.6 Å². The molecule has 0 atom stereocenters. The number of rotatable bonds is 5. The van der Waals surface area contributed by atoms with Crippen molar-refractivity contribution in [2.75, 3.05) is 22.7 Å². The van der Waals surface area contributed by atoms with Gasteiger partial charge in [0.05, 0.1) is 11.3 Å². The quantitative estimate of drug-likeness (QED) is 0.498. The lowest BCUT2D eigenvalue weighted by Gasteiger charge is -2.33. The van der Waals surface area contributed by atoms with E-state index in [1.165, 1.54) is 18.2 Å². The smallest absolute Gasteiger partial charge is 0.478 e. The molecule has 3 N–H and O–H groups in total. The van der Waals surface area contributed by atoms with E-state index >= 15 is 0 Å². The van der Waals surface area contributed by atoms with E-state index in [2.05, 4.69) is 11.6 Å². The Labute approximate surface area is 197 Å². The SMILES string of the molecule is CC1CCN(c2ccc(NS(=O)(=O)c3cc(F)ccc3F)cc2C(=O)O)CC1.O=C(O)C(F)(F)F. The molecule has 14 heteroatoms. The van der Waals surface area contributed by atoms with Gasteiger partial charge in [0.25, 0.3) is 10.0 Å². The van der Waals surface area contributed by atoms with Gasteiger partial charge in [-0.3, -0.25) is 4.72 Å². The van der Waals surface area contributed by atoms with Crippen molar-refractivity contribution in [2.45, 2.75) is 30.8 Å². The van der Waals surface area contributed by atoms with Gasteiger partial charge >= 0.3 is 18.1 Å². The summed E-state index contributed by atoms with van der Waals surface area (Å²) in [6.45, 7) is 3.56. The standard InChI is InChI=1S/C19H20F2N2O4S.C2HF3O2/c1-12-6-8-23(9-7-12)17-5-3-14(11-15(17)19(24)25)22-28(26,27)18-10-13(20)2-4-16(18)21;3-2(4,5)1(6)7/h2-5,10-12,22H,6-9H2,1H3,(H,24,25);(H,6,7). The van der Waals surface area contributed by atoms with Crippen LogP contribution in [-0.2, 0) is 14.8 Å². The number of hydrogen-bond acceptors (Lipinski definition) is 5. The second-order valence-corrected chi connectivity index (χ2v) is 9.34. The lowest BCUT2D eigenvalue weighted by atomic mass is 9.98. The van der Waals surface area contributed by atoms with Crippen LogP contribution in [0.3, 0.4) is 0 Å². The van der Waals surface area contributed by atoms with E-state index in [9.17, 15) is 40.3 Å². The second-order valence-electron chi connectivity index (χ2n) is 7.69. The van der Waals surface area contributed by atoms with Crippen LogP contribution in [0.2, 0.25) is 0 Å². The molecule has 8 nitrogen and oxygen atoms in total. The third kappa shape index (κ3) is 7.53. The number of anilines is 2. The monoisotopic (exact) mass is 524 g/mol. The first-order valence-electron chi connectivity index (χ1n) is 10.0.